The number of para-hydroxylation sites is 1. The van der Waals surface area contributed by atoms with Gasteiger partial charge in [-0.1, -0.05) is 48.5 Å². The van der Waals surface area contributed by atoms with E-state index in [1.807, 2.05) is 18.2 Å². The van der Waals surface area contributed by atoms with Gasteiger partial charge in [0.15, 0.2) is 6.10 Å². The molecule has 0 radical (unpaired) electrons. The SMILES string of the molecule is O=C(Nc1ccccc1Cc1cc(Br)cs1)OC1C[N+]2(CCCc3ccccc3)CCC1CC2. The molecule has 3 aliphatic heterocycles. The molecule has 0 spiro atoms. The van der Waals surface area contributed by atoms with Crippen LogP contribution in [0.3, 0.4) is 0 Å². The minimum atomic E-state index is -0.319. The second-order valence-electron chi connectivity index (χ2n) is 9.76. The molecule has 34 heavy (non-hydrogen) atoms. The third-order valence-corrected chi connectivity index (χ3v) is 9.18. The van der Waals surface area contributed by atoms with Crippen LogP contribution >= 0.6 is 27.3 Å². The van der Waals surface area contributed by atoms with Crippen LogP contribution in [0.5, 0.6) is 0 Å². The monoisotopic (exact) mass is 539 g/mol. The van der Waals surface area contributed by atoms with Gasteiger partial charge in [0, 0.05) is 52.0 Å². The van der Waals surface area contributed by atoms with Gasteiger partial charge >= 0.3 is 6.09 Å². The van der Waals surface area contributed by atoms with Crippen molar-refractivity contribution in [2.45, 2.75) is 38.2 Å². The number of nitrogens with one attached hydrogen (secondary N) is 1. The fourth-order valence-corrected chi connectivity index (χ4v) is 7.11. The van der Waals surface area contributed by atoms with Crippen LogP contribution in [0.4, 0.5) is 10.5 Å². The van der Waals surface area contributed by atoms with Crippen molar-refractivity contribution in [3.05, 3.63) is 86.5 Å². The zero-order chi connectivity index (χ0) is 23.4. The molecule has 0 aliphatic carbocycles. The third-order valence-electron chi connectivity index (χ3n) is 7.48. The molecular weight excluding hydrogens is 508 g/mol. The van der Waals surface area contributed by atoms with Gasteiger partial charge in [-0.3, -0.25) is 5.32 Å². The quantitative estimate of drug-likeness (QED) is 0.316. The van der Waals surface area contributed by atoms with Gasteiger partial charge in [-0.15, -0.1) is 11.3 Å². The Balaban J connectivity index is 1.17. The Labute approximate surface area is 214 Å². The Morgan fingerprint density at radius 3 is 2.62 bits per heavy atom. The highest BCUT2D eigenvalue weighted by Crippen LogP contribution is 2.36. The molecule has 0 saturated carbocycles. The average molecular weight is 541 g/mol. The maximum absolute atomic E-state index is 12.9. The van der Waals surface area contributed by atoms with E-state index in [-0.39, 0.29) is 12.2 Å². The van der Waals surface area contributed by atoms with Crippen LogP contribution in [-0.4, -0.2) is 42.9 Å². The van der Waals surface area contributed by atoms with Crippen LogP contribution < -0.4 is 5.32 Å². The van der Waals surface area contributed by atoms with E-state index in [1.165, 1.54) is 36.5 Å². The lowest BCUT2D eigenvalue weighted by Crippen LogP contribution is -2.64. The first-order valence-corrected chi connectivity index (χ1v) is 13.9. The number of thiophene rings is 1. The summed E-state index contributed by atoms with van der Waals surface area (Å²) in [7, 11) is 0. The molecule has 6 rings (SSSR count). The number of ether oxygens (including phenoxy) is 1. The molecule has 4 nitrogen and oxygen atoms in total. The normalized spacial score (nSPS) is 23.6. The first kappa shape index (κ1) is 23.6. The maximum atomic E-state index is 12.9. The standard InChI is InChI=1S/C28H31BrN2O2S/c29-24-18-25(34-20-24)17-23-10-4-5-11-26(23)30-28(32)33-27-19-31(15-12-22(27)13-16-31)14-6-9-21-7-2-1-3-8-21/h1-5,7-8,10-11,18,20,22,27H,6,9,12-17,19H2/p+1. The first-order chi connectivity index (χ1) is 16.6. The van der Waals surface area contributed by atoms with E-state index in [0.717, 1.165) is 52.4 Å². The molecule has 2 aromatic carbocycles. The molecule has 3 aliphatic rings. The lowest BCUT2D eigenvalue weighted by atomic mass is 9.83. The van der Waals surface area contributed by atoms with Crippen LogP contribution in [0.2, 0.25) is 0 Å². The van der Waals surface area contributed by atoms with Gasteiger partial charge in [-0.25, -0.2) is 4.79 Å². The minimum Gasteiger partial charge on any atom is -0.440 e. The molecule has 3 saturated heterocycles. The molecule has 6 heteroatoms. The summed E-state index contributed by atoms with van der Waals surface area (Å²) in [6.45, 7) is 4.57. The summed E-state index contributed by atoms with van der Waals surface area (Å²) in [5.74, 6) is 0.499. The molecule has 1 amide bonds. The number of benzene rings is 2. The third kappa shape index (κ3) is 5.73. The van der Waals surface area contributed by atoms with Gasteiger partial charge < -0.3 is 9.22 Å². The van der Waals surface area contributed by atoms with E-state index in [0.29, 0.717) is 5.92 Å². The lowest BCUT2D eigenvalue weighted by Gasteiger charge is -2.52. The fourth-order valence-electron chi connectivity index (χ4n) is 5.64. The van der Waals surface area contributed by atoms with Crippen molar-refractivity contribution in [3.8, 4) is 0 Å². The van der Waals surface area contributed by atoms with Gasteiger partial charge in [-0.2, -0.15) is 0 Å². The van der Waals surface area contributed by atoms with Crippen molar-refractivity contribution in [1.29, 1.82) is 0 Å². The van der Waals surface area contributed by atoms with Crippen LogP contribution in [0.15, 0.2) is 70.5 Å². The maximum Gasteiger partial charge on any atom is 0.412 e. The van der Waals surface area contributed by atoms with Gasteiger partial charge in [0.2, 0.25) is 0 Å². The van der Waals surface area contributed by atoms with Crippen molar-refractivity contribution in [2.75, 3.05) is 31.5 Å². The molecule has 1 N–H and O–H groups in total. The van der Waals surface area contributed by atoms with Crippen molar-refractivity contribution < 1.29 is 14.0 Å². The highest BCUT2D eigenvalue weighted by molar-refractivity contribution is 9.10. The van der Waals surface area contributed by atoms with Crippen LogP contribution in [0.1, 0.15) is 35.3 Å². The summed E-state index contributed by atoms with van der Waals surface area (Å²) in [6.07, 6.45) is 5.11. The van der Waals surface area contributed by atoms with Crippen molar-refractivity contribution in [2.24, 2.45) is 5.92 Å². The molecule has 178 valence electrons. The largest absolute Gasteiger partial charge is 0.440 e. The van der Waals surface area contributed by atoms with E-state index in [4.69, 9.17) is 4.74 Å². The Morgan fingerprint density at radius 1 is 1.09 bits per heavy atom. The highest BCUT2D eigenvalue weighted by Gasteiger charge is 2.47. The molecule has 2 bridgehead atoms. The van der Waals surface area contributed by atoms with E-state index in [9.17, 15) is 4.79 Å². The molecule has 4 heterocycles. The molecule has 3 fully saturated rings. The number of hydrogen-bond donors (Lipinski definition) is 1. The predicted molar refractivity (Wildman–Crippen MR) is 142 cm³/mol. The number of nitrogens with zero attached hydrogens (tertiary/aromatic N) is 1. The second kappa shape index (κ2) is 10.6. The fraction of sp³-hybridized carbons (Fsp3) is 0.393. The zero-order valence-electron chi connectivity index (χ0n) is 19.4. The van der Waals surface area contributed by atoms with E-state index >= 15 is 0 Å². The number of anilines is 1. The van der Waals surface area contributed by atoms with E-state index < -0.39 is 0 Å². The van der Waals surface area contributed by atoms with Gasteiger partial charge in [-0.05, 0) is 45.6 Å². The molecule has 3 aromatic rings. The number of rotatable bonds is 8. The predicted octanol–water partition coefficient (Wildman–Crippen LogP) is 6.89. The Hall–Kier alpha value is -2.15. The number of hydrogen-bond acceptors (Lipinski definition) is 3. The van der Waals surface area contributed by atoms with Gasteiger partial charge in [0.05, 0.1) is 19.6 Å². The Morgan fingerprint density at radius 2 is 1.85 bits per heavy atom. The Kier molecular flexibility index (Phi) is 7.37. The first-order valence-electron chi connectivity index (χ1n) is 12.3. The minimum absolute atomic E-state index is 0.0136. The summed E-state index contributed by atoms with van der Waals surface area (Å²) >= 11 is 5.25. The van der Waals surface area contributed by atoms with E-state index in [2.05, 4.69) is 69.1 Å². The zero-order valence-corrected chi connectivity index (χ0v) is 21.8. The lowest BCUT2D eigenvalue weighted by molar-refractivity contribution is -0.946. The summed E-state index contributed by atoms with van der Waals surface area (Å²) in [5, 5.41) is 5.14. The van der Waals surface area contributed by atoms with Crippen molar-refractivity contribution in [3.63, 3.8) is 0 Å². The number of carbonyl (C=O) groups is 1. The number of quaternary nitrogens is 1. The van der Waals surface area contributed by atoms with Crippen molar-refractivity contribution >= 4 is 39.0 Å². The van der Waals surface area contributed by atoms with E-state index in [1.54, 1.807) is 11.3 Å². The van der Waals surface area contributed by atoms with Gasteiger partial charge in [0.1, 0.15) is 6.54 Å². The molecule has 1 unspecified atom stereocenters. The number of piperidine rings is 3. The number of carbonyl (C=O) groups excluding carboxylic acids is 1. The summed E-state index contributed by atoms with van der Waals surface area (Å²) < 4.78 is 8.26. The van der Waals surface area contributed by atoms with Crippen molar-refractivity contribution in [1.82, 2.24) is 0 Å². The summed E-state index contributed by atoms with van der Waals surface area (Å²) in [5.41, 5.74) is 3.35. The number of aryl methyl sites for hydroxylation is 1. The molecule has 1 aromatic heterocycles. The topological polar surface area (TPSA) is 38.3 Å². The second-order valence-corrected chi connectivity index (χ2v) is 11.7. The van der Waals surface area contributed by atoms with Crippen LogP contribution in [0, 0.1) is 5.92 Å². The molecular formula is C28H32BrN2O2S+. The Bertz CT molecular complexity index is 1110. The number of halogens is 1. The van der Waals surface area contributed by atoms with Gasteiger partial charge in [0.25, 0.3) is 0 Å². The summed E-state index contributed by atoms with van der Waals surface area (Å²) in [6, 6.07) is 20.9. The number of amides is 1. The summed E-state index contributed by atoms with van der Waals surface area (Å²) in [4.78, 5) is 14.2. The number of fused-ring (bicyclic) bond motifs is 3. The molecule has 1 atom stereocenters. The smallest absolute Gasteiger partial charge is 0.412 e. The van der Waals surface area contributed by atoms with Crippen LogP contribution in [0.25, 0.3) is 0 Å². The highest BCUT2D eigenvalue weighted by atomic mass is 79.9. The average Bonchev–Trinajstić information content (AvgIpc) is 3.26. The van der Waals surface area contributed by atoms with Crippen LogP contribution in [-0.2, 0) is 17.6 Å².